The van der Waals surface area contributed by atoms with Crippen LogP contribution in [0.15, 0.2) is 24.3 Å². The summed E-state index contributed by atoms with van der Waals surface area (Å²) in [5, 5.41) is 2.73. The molecule has 1 N–H and O–H groups in total. The first-order valence-electron chi connectivity index (χ1n) is 3.88. The number of rotatable bonds is 4. The largest absolute Gasteiger partial charge is 0.353 e. The van der Waals surface area contributed by atoms with Gasteiger partial charge in [0.25, 0.3) is 0 Å². The van der Waals surface area contributed by atoms with Crippen LogP contribution >= 0.6 is 0 Å². The number of nitrogens with one attached hydrogen (secondary N) is 1. The average molecular weight is 153 g/mol. The molecule has 0 rings (SSSR count). The van der Waals surface area contributed by atoms with Gasteiger partial charge >= 0.3 is 0 Å². The van der Waals surface area contributed by atoms with Gasteiger partial charge in [-0.2, -0.15) is 0 Å². The number of allylic oxidation sites excluding steroid dienone is 3. The van der Waals surface area contributed by atoms with Crippen LogP contribution in [-0.4, -0.2) is 12.5 Å². The highest BCUT2D eigenvalue weighted by atomic mass is 16.1. The Labute approximate surface area is 68.0 Å². The first-order valence-corrected chi connectivity index (χ1v) is 3.88. The fourth-order valence-electron chi connectivity index (χ4n) is 0.561. The van der Waals surface area contributed by atoms with E-state index in [4.69, 9.17) is 0 Å². The van der Waals surface area contributed by atoms with Gasteiger partial charge < -0.3 is 5.32 Å². The maximum absolute atomic E-state index is 10.8. The van der Waals surface area contributed by atoms with Crippen LogP contribution in [0, 0.1) is 0 Å². The van der Waals surface area contributed by atoms with Crippen molar-refractivity contribution in [1.29, 1.82) is 0 Å². The average Bonchev–Trinajstić information content (AvgIpc) is 2.01. The monoisotopic (exact) mass is 153 g/mol. The maximum Gasteiger partial charge on any atom is 0.243 e. The molecule has 1 amide bonds. The second kappa shape index (κ2) is 7.06. The second-order valence-electron chi connectivity index (χ2n) is 2.18. The molecule has 0 heterocycles. The van der Waals surface area contributed by atoms with Gasteiger partial charge in [-0.15, -0.1) is 0 Å². The summed E-state index contributed by atoms with van der Waals surface area (Å²) in [6.45, 7) is 4.68. The van der Waals surface area contributed by atoms with Crippen molar-refractivity contribution in [3.8, 4) is 0 Å². The summed E-state index contributed by atoms with van der Waals surface area (Å²) in [5.41, 5.74) is 0. The summed E-state index contributed by atoms with van der Waals surface area (Å²) in [6.07, 6.45) is 7.93. The zero-order valence-corrected chi connectivity index (χ0v) is 7.13. The Morgan fingerprint density at radius 2 is 2.18 bits per heavy atom. The molecule has 11 heavy (non-hydrogen) atoms. The van der Waals surface area contributed by atoms with Crippen molar-refractivity contribution in [2.24, 2.45) is 0 Å². The molecule has 0 radical (unpaired) electrons. The Bertz CT molecular complexity index is 159. The van der Waals surface area contributed by atoms with Gasteiger partial charge in [-0.3, -0.25) is 4.79 Å². The van der Waals surface area contributed by atoms with Gasteiger partial charge in [-0.1, -0.05) is 25.2 Å². The van der Waals surface area contributed by atoms with Crippen LogP contribution in [0.3, 0.4) is 0 Å². The van der Waals surface area contributed by atoms with E-state index in [1.807, 2.05) is 26.0 Å². The lowest BCUT2D eigenvalue weighted by atomic mass is 10.4. The molecule has 0 aliphatic carbocycles. The van der Waals surface area contributed by atoms with Crippen molar-refractivity contribution in [2.75, 3.05) is 6.54 Å². The number of hydrogen-bond donors (Lipinski definition) is 1. The van der Waals surface area contributed by atoms with Gasteiger partial charge in [0.1, 0.15) is 0 Å². The number of carbonyl (C=O) groups is 1. The van der Waals surface area contributed by atoms with Crippen LogP contribution in [0.25, 0.3) is 0 Å². The minimum Gasteiger partial charge on any atom is -0.353 e. The van der Waals surface area contributed by atoms with Crippen molar-refractivity contribution in [1.82, 2.24) is 5.32 Å². The van der Waals surface area contributed by atoms with E-state index in [2.05, 4.69) is 5.32 Å². The Balaban J connectivity index is 3.51. The predicted octanol–water partition coefficient (Wildman–Crippen LogP) is 1.64. The number of hydrogen-bond acceptors (Lipinski definition) is 1. The fourth-order valence-corrected chi connectivity index (χ4v) is 0.561. The molecular formula is C9H15NO. The van der Waals surface area contributed by atoms with Crippen molar-refractivity contribution >= 4 is 5.91 Å². The Hall–Kier alpha value is -1.05. The Morgan fingerprint density at radius 3 is 2.73 bits per heavy atom. The number of carbonyl (C=O) groups excluding carboxylic acids is 1. The second-order valence-corrected chi connectivity index (χ2v) is 2.18. The van der Waals surface area contributed by atoms with E-state index in [1.165, 1.54) is 6.08 Å². The fraction of sp³-hybridized carbons (Fsp3) is 0.444. The molecule has 0 aromatic carbocycles. The van der Waals surface area contributed by atoms with Crippen LogP contribution in [0.5, 0.6) is 0 Å². The van der Waals surface area contributed by atoms with Crippen LogP contribution in [0.2, 0.25) is 0 Å². The molecule has 62 valence electrons. The summed E-state index contributed by atoms with van der Waals surface area (Å²) in [7, 11) is 0. The molecule has 2 heteroatoms. The van der Waals surface area contributed by atoms with Gasteiger partial charge in [-0.05, 0) is 13.3 Å². The van der Waals surface area contributed by atoms with Crippen molar-refractivity contribution in [3.63, 3.8) is 0 Å². The normalized spacial score (nSPS) is 11.1. The third-order valence-electron chi connectivity index (χ3n) is 1.10. The van der Waals surface area contributed by atoms with E-state index < -0.39 is 0 Å². The lowest BCUT2D eigenvalue weighted by Gasteiger charge is -1.95. The van der Waals surface area contributed by atoms with Crippen LogP contribution in [0.4, 0.5) is 0 Å². The SMILES string of the molecule is CC=CC=CC(=O)NCCC. The minimum absolute atomic E-state index is 0.0232. The van der Waals surface area contributed by atoms with Gasteiger partial charge in [0.2, 0.25) is 5.91 Å². The van der Waals surface area contributed by atoms with E-state index in [-0.39, 0.29) is 5.91 Å². The summed E-state index contributed by atoms with van der Waals surface area (Å²) in [6, 6.07) is 0. The first-order chi connectivity index (χ1) is 5.31. The topological polar surface area (TPSA) is 29.1 Å². The molecule has 0 unspecified atom stereocenters. The van der Waals surface area contributed by atoms with Crippen LogP contribution in [0.1, 0.15) is 20.3 Å². The third-order valence-corrected chi connectivity index (χ3v) is 1.10. The predicted molar refractivity (Wildman–Crippen MR) is 47.3 cm³/mol. The molecule has 0 spiro atoms. The molecule has 0 aliphatic heterocycles. The smallest absolute Gasteiger partial charge is 0.243 e. The van der Waals surface area contributed by atoms with E-state index in [0.717, 1.165) is 13.0 Å². The Kier molecular flexibility index (Phi) is 6.39. The van der Waals surface area contributed by atoms with Crippen molar-refractivity contribution in [3.05, 3.63) is 24.3 Å². The molecule has 2 nitrogen and oxygen atoms in total. The highest BCUT2D eigenvalue weighted by Gasteiger charge is 1.88. The maximum atomic E-state index is 10.8. The quantitative estimate of drug-likeness (QED) is 0.483. The standard InChI is InChI=1S/C9H15NO/c1-3-5-6-7-9(11)10-8-4-2/h3,5-7H,4,8H2,1-2H3,(H,10,11). The molecule has 0 fully saturated rings. The van der Waals surface area contributed by atoms with Crippen molar-refractivity contribution in [2.45, 2.75) is 20.3 Å². The highest BCUT2D eigenvalue weighted by Crippen LogP contribution is 1.77. The summed E-state index contributed by atoms with van der Waals surface area (Å²) in [4.78, 5) is 10.8. The van der Waals surface area contributed by atoms with Gasteiger partial charge in [0.15, 0.2) is 0 Å². The molecule has 0 aromatic heterocycles. The van der Waals surface area contributed by atoms with E-state index in [9.17, 15) is 4.79 Å². The number of amides is 1. The van der Waals surface area contributed by atoms with E-state index >= 15 is 0 Å². The molecule has 0 saturated heterocycles. The van der Waals surface area contributed by atoms with E-state index in [0.29, 0.717) is 0 Å². The van der Waals surface area contributed by atoms with Gasteiger partial charge in [0, 0.05) is 12.6 Å². The summed E-state index contributed by atoms with van der Waals surface area (Å²) < 4.78 is 0. The van der Waals surface area contributed by atoms with E-state index in [1.54, 1.807) is 6.08 Å². The van der Waals surface area contributed by atoms with Gasteiger partial charge in [0.05, 0.1) is 0 Å². The summed E-state index contributed by atoms with van der Waals surface area (Å²) in [5.74, 6) is -0.0232. The van der Waals surface area contributed by atoms with Crippen LogP contribution in [-0.2, 0) is 4.79 Å². The molecule has 0 bridgehead atoms. The van der Waals surface area contributed by atoms with Gasteiger partial charge in [-0.25, -0.2) is 0 Å². The molecule has 0 aliphatic rings. The first kappa shape index (κ1) is 9.95. The Morgan fingerprint density at radius 1 is 1.45 bits per heavy atom. The lowest BCUT2D eigenvalue weighted by Crippen LogP contribution is -2.21. The molecule has 0 saturated carbocycles. The molecule has 0 atom stereocenters. The zero-order chi connectivity index (χ0) is 8.53. The zero-order valence-electron chi connectivity index (χ0n) is 7.13. The van der Waals surface area contributed by atoms with Crippen LogP contribution < -0.4 is 5.32 Å². The minimum atomic E-state index is -0.0232. The molecule has 0 aromatic rings. The highest BCUT2D eigenvalue weighted by molar-refractivity contribution is 5.87. The summed E-state index contributed by atoms with van der Waals surface area (Å²) >= 11 is 0. The lowest BCUT2D eigenvalue weighted by molar-refractivity contribution is -0.116. The third kappa shape index (κ3) is 6.84. The van der Waals surface area contributed by atoms with Crippen molar-refractivity contribution < 1.29 is 4.79 Å². The molecular weight excluding hydrogens is 138 g/mol.